The summed E-state index contributed by atoms with van der Waals surface area (Å²) in [6.45, 7) is 7.39. The van der Waals surface area contributed by atoms with Gasteiger partial charge in [0, 0.05) is 45.4 Å². The Labute approximate surface area is 290 Å². The molecule has 9 rings (SSSR count). The lowest BCUT2D eigenvalue weighted by atomic mass is 9.32. The molecule has 1 aliphatic heterocycles. The Kier molecular flexibility index (Phi) is 7.96. The van der Waals surface area contributed by atoms with Crippen molar-refractivity contribution in [2.75, 3.05) is 19.6 Å². The molecule has 1 unspecified atom stereocenters. The molecule has 1 saturated heterocycles. The van der Waals surface area contributed by atoms with Crippen molar-refractivity contribution in [3.63, 3.8) is 0 Å². The van der Waals surface area contributed by atoms with Gasteiger partial charge in [-0.1, -0.05) is 80.1 Å². The number of piperidine rings is 1. The van der Waals surface area contributed by atoms with Crippen LogP contribution in [0.3, 0.4) is 0 Å². The van der Waals surface area contributed by atoms with Gasteiger partial charge in [-0.15, -0.1) is 0 Å². The Hall–Kier alpha value is -2.31. The fourth-order valence-electron chi connectivity index (χ4n) is 12.3. The number of hydrogen-bond acceptors (Lipinski definition) is 4. The highest BCUT2D eigenvalue weighted by atomic mass is 35.5. The van der Waals surface area contributed by atoms with Crippen molar-refractivity contribution in [2.24, 2.45) is 39.4 Å². The quantitative estimate of drug-likeness (QED) is 0.292. The fraction of sp³-hybridized carbons (Fsp3) is 0.595. The highest BCUT2D eigenvalue weighted by molar-refractivity contribution is 6.31. The van der Waals surface area contributed by atoms with E-state index >= 15 is 4.39 Å². The molecule has 2 spiro atoms. The van der Waals surface area contributed by atoms with E-state index in [1.807, 2.05) is 0 Å². The zero-order valence-electron chi connectivity index (χ0n) is 28.6. The minimum absolute atomic E-state index is 0.0713. The van der Waals surface area contributed by atoms with Crippen molar-refractivity contribution in [3.05, 3.63) is 94.3 Å². The lowest BCUT2D eigenvalue weighted by Crippen LogP contribution is -2.67. The predicted molar refractivity (Wildman–Crippen MR) is 188 cm³/mol. The molecule has 0 aromatic heterocycles. The summed E-state index contributed by atoms with van der Waals surface area (Å²) in [5.74, 6) is 0.462. The number of Topliss-reactive ketones (excluding diaryl/α,β-unsaturated/α-hetero) is 1. The number of halogens is 2. The molecule has 8 atom stereocenters. The molecule has 1 heterocycles. The van der Waals surface area contributed by atoms with Gasteiger partial charge < -0.3 is 15.1 Å². The summed E-state index contributed by atoms with van der Waals surface area (Å²) in [4.78, 5) is 17.1. The molecule has 4 fully saturated rings. The van der Waals surface area contributed by atoms with Gasteiger partial charge in [0.05, 0.1) is 11.7 Å². The smallest absolute Gasteiger partial charge is 0.164 e. The number of carbonyl (C=O) groups is 1. The van der Waals surface area contributed by atoms with Gasteiger partial charge in [-0.2, -0.15) is 0 Å². The van der Waals surface area contributed by atoms with Gasteiger partial charge in [0.15, 0.2) is 5.78 Å². The number of carbonyl (C=O) groups excluding carboxylic acids is 1. The monoisotopic (exact) mass is 671 g/mol. The molecule has 2 aromatic rings. The maximum Gasteiger partial charge on any atom is 0.164 e. The van der Waals surface area contributed by atoms with Gasteiger partial charge in [-0.05, 0) is 118 Å². The first-order valence-corrected chi connectivity index (χ1v) is 18.9. The minimum atomic E-state index is -0.851. The molecular weight excluding hydrogens is 621 g/mol. The van der Waals surface area contributed by atoms with Crippen LogP contribution >= 0.6 is 11.6 Å². The summed E-state index contributed by atoms with van der Waals surface area (Å²) in [5, 5.41) is 24.0. The number of fused-ring (bicyclic) bond motifs is 1. The second-order valence-corrected chi connectivity index (χ2v) is 17.4. The van der Waals surface area contributed by atoms with Crippen LogP contribution in [0.2, 0.25) is 5.02 Å². The number of hydrogen-bond donors (Lipinski definition) is 2. The van der Waals surface area contributed by atoms with Crippen molar-refractivity contribution in [1.82, 2.24) is 4.90 Å². The lowest BCUT2D eigenvalue weighted by Gasteiger charge is -2.71. The van der Waals surface area contributed by atoms with E-state index in [0.717, 1.165) is 76.5 Å². The Morgan fingerprint density at radius 1 is 0.917 bits per heavy atom. The first-order valence-electron chi connectivity index (χ1n) is 18.5. The van der Waals surface area contributed by atoms with E-state index in [0.29, 0.717) is 18.9 Å². The van der Waals surface area contributed by atoms with E-state index in [-0.39, 0.29) is 45.5 Å². The van der Waals surface area contributed by atoms with E-state index in [4.69, 9.17) is 11.6 Å². The van der Waals surface area contributed by atoms with Crippen LogP contribution in [0, 0.1) is 45.2 Å². The minimum Gasteiger partial charge on any atom is -0.393 e. The molecule has 2 aromatic carbocycles. The van der Waals surface area contributed by atoms with E-state index < -0.39 is 28.4 Å². The Morgan fingerprint density at radius 3 is 2.38 bits per heavy atom. The van der Waals surface area contributed by atoms with Crippen molar-refractivity contribution < 1.29 is 19.4 Å². The number of nitrogens with zero attached hydrogens (tertiary/aromatic N) is 1. The van der Waals surface area contributed by atoms with E-state index in [2.05, 4.69) is 67.3 Å². The molecule has 7 aliphatic rings. The van der Waals surface area contributed by atoms with Crippen LogP contribution in [0.5, 0.6) is 0 Å². The number of aliphatic hydroxyl groups excluding tert-OH is 1. The maximum atomic E-state index is 15.1. The second kappa shape index (κ2) is 11.6. The van der Waals surface area contributed by atoms with Crippen LogP contribution in [0.1, 0.15) is 82.8 Å². The van der Waals surface area contributed by atoms with Crippen LogP contribution in [0.15, 0.2) is 72.3 Å². The third-order valence-electron chi connectivity index (χ3n) is 15.0. The SMILES string of the molecule is C[C@]12CC[C@H]3[C@]4(C=C[C@@]5(C=C4C(=O)Cc4c(F)cccc4Cl)CC(O)CC[C@]35C)[C@@H]1CC[C@@]2(O)CN1CCC(Cc2ccccc2)CC1. The third kappa shape index (κ3) is 4.73. The fourth-order valence-corrected chi connectivity index (χ4v) is 12.5. The molecule has 2 bridgehead atoms. The van der Waals surface area contributed by atoms with Gasteiger partial charge in [0.1, 0.15) is 5.82 Å². The summed E-state index contributed by atoms with van der Waals surface area (Å²) in [5.41, 5.74) is 0.185. The Morgan fingerprint density at radius 2 is 1.62 bits per heavy atom. The standard InChI is InChI=1S/C42H51ClFNO3/c1-38-16-11-30(46)25-40(38)19-20-42(32(26-40)35(47)24-31-33(43)9-6-10-34(31)44)36(38)12-17-39(2)37(42)13-18-41(39,48)27-45-21-14-29(15-22-45)23-28-7-4-3-5-8-28/h3-10,19-20,26,29-30,36-37,46,48H,11-18,21-25,27H2,1-2H3/t30?,36-,37-,38-,39+,40+,41-,42-/m1/s1. The van der Waals surface area contributed by atoms with E-state index in [1.165, 1.54) is 11.6 Å². The van der Waals surface area contributed by atoms with Crippen LogP contribution in [0.25, 0.3) is 0 Å². The third-order valence-corrected chi connectivity index (χ3v) is 15.3. The Bertz CT molecular complexity index is 1630. The topological polar surface area (TPSA) is 60.8 Å². The molecule has 256 valence electrons. The molecule has 48 heavy (non-hydrogen) atoms. The van der Waals surface area contributed by atoms with Gasteiger partial charge in [0.2, 0.25) is 0 Å². The molecule has 0 amide bonds. The predicted octanol–water partition coefficient (Wildman–Crippen LogP) is 8.14. The number of allylic oxidation sites excluding steroid dienone is 4. The van der Waals surface area contributed by atoms with Gasteiger partial charge in [-0.25, -0.2) is 4.39 Å². The largest absolute Gasteiger partial charge is 0.393 e. The number of aliphatic hydroxyl groups is 2. The van der Waals surface area contributed by atoms with E-state index in [9.17, 15) is 15.0 Å². The van der Waals surface area contributed by atoms with Crippen LogP contribution in [-0.4, -0.2) is 52.2 Å². The van der Waals surface area contributed by atoms with Crippen LogP contribution in [0.4, 0.5) is 4.39 Å². The van der Waals surface area contributed by atoms with Crippen LogP contribution < -0.4 is 0 Å². The number of likely N-dealkylation sites (tertiary alicyclic amines) is 1. The summed E-state index contributed by atoms with van der Waals surface area (Å²) < 4.78 is 15.1. The lowest BCUT2D eigenvalue weighted by molar-refractivity contribution is -0.179. The molecule has 2 N–H and O–H groups in total. The summed E-state index contributed by atoms with van der Waals surface area (Å²) in [6.07, 6.45) is 15.5. The number of rotatable bonds is 7. The van der Waals surface area contributed by atoms with Crippen molar-refractivity contribution in [1.29, 1.82) is 0 Å². The molecular formula is C42H51ClFNO3. The zero-order chi connectivity index (χ0) is 33.5. The summed E-state index contributed by atoms with van der Waals surface area (Å²) >= 11 is 6.47. The van der Waals surface area contributed by atoms with Crippen LogP contribution in [-0.2, 0) is 17.6 Å². The van der Waals surface area contributed by atoms with Crippen molar-refractivity contribution >= 4 is 17.4 Å². The average Bonchev–Trinajstić information content (AvgIpc) is 3.34. The van der Waals surface area contributed by atoms with Crippen molar-refractivity contribution in [2.45, 2.75) is 96.2 Å². The number of benzene rings is 2. The van der Waals surface area contributed by atoms with Gasteiger partial charge in [-0.3, -0.25) is 4.79 Å². The number of ketones is 1. The highest BCUT2D eigenvalue weighted by Gasteiger charge is 2.74. The summed E-state index contributed by atoms with van der Waals surface area (Å²) in [6, 6.07) is 15.4. The average molecular weight is 672 g/mol. The molecule has 4 nitrogen and oxygen atoms in total. The van der Waals surface area contributed by atoms with E-state index in [1.54, 1.807) is 12.1 Å². The molecule has 3 saturated carbocycles. The Balaban J connectivity index is 1.10. The zero-order valence-corrected chi connectivity index (χ0v) is 29.3. The molecule has 0 radical (unpaired) electrons. The summed E-state index contributed by atoms with van der Waals surface area (Å²) in [7, 11) is 0. The highest BCUT2D eigenvalue weighted by Crippen LogP contribution is 2.78. The van der Waals surface area contributed by atoms with Crippen molar-refractivity contribution in [3.8, 4) is 0 Å². The van der Waals surface area contributed by atoms with Gasteiger partial charge >= 0.3 is 0 Å². The second-order valence-electron chi connectivity index (χ2n) is 17.0. The maximum absolute atomic E-state index is 15.1. The number of β-amino-alcohol motifs (C(OH)–C–C–N with tert-alkyl or cyclic N) is 1. The molecule has 6 aliphatic carbocycles. The first-order chi connectivity index (χ1) is 22.9. The van der Waals surface area contributed by atoms with Gasteiger partial charge in [0.25, 0.3) is 0 Å². The molecule has 6 heteroatoms. The normalized spacial score (nSPS) is 40.6. The first kappa shape index (κ1) is 32.9.